The highest BCUT2D eigenvalue weighted by Crippen LogP contribution is 2.20. The number of nitrogens with two attached hydrogens (primary N) is 1. The summed E-state index contributed by atoms with van der Waals surface area (Å²) in [5.74, 6) is 4.58. The standard InChI is InChI=1S/C16H19FN2O2/c17-15-10-12(2-1-9-20)3-4-14(15)11-19-7-5-13(6-8-19)16(18)21/h3-4,10,13,20H,5-9,11H2,(H2,18,21). The lowest BCUT2D eigenvalue weighted by Gasteiger charge is -2.30. The molecule has 1 amide bonds. The van der Waals surface area contributed by atoms with Crippen molar-refractivity contribution >= 4 is 5.91 Å². The van der Waals surface area contributed by atoms with E-state index in [1.54, 1.807) is 12.1 Å². The highest BCUT2D eigenvalue weighted by molar-refractivity contribution is 5.76. The number of hydrogen-bond donors (Lipinski definition) is 2. The van der Waals surface area contributed by atoms with Gasteiger partial charge in [0.25, 0.3) is 0 Å². The molecule has 0 atom stereocenters. The van der Waals surface area contributed by atoms with Gasteiger partial charge in [-0.1, -0.05) is 17.9 Å². The van der Waals surface area contributed by atoms with Crippen LogP contribution >= 0.6 is 0 Å². The third-order valence-corrected chi connectivity index (χ3v) is 3.75. The molecule has 21 heavy (non-hydrogen) atoms. The number of carbonyl (C=O) groups is 1. The smallest absolute Gasteiger partial charge is 0.220 e. The molecule has 0 unspecified atom stereocenters. The Morgan fingerprint density at radius 1 is 1.43 bits per heavy atom. The molecular formula is C16H19FN2O2. The maximum atomic E-state index is 14.0. The first-order valence-electron chi connectivity index (χ1n) is 7.00. The van der Waals surface area contributed by atoms with Crippen LogP contribution in [-0.2, 0) is 11.3 Å². The summed E-state index contributed by atoms with van der Waals surface area (Å²) in [4.78, 5) is 13.2. The summed E-state index contributed by atoms with van der Waals surface area (Å²) in [6.45, 7) is 1.78. The number of likely N-dealkylation sites (tertiary alicyclic amines) is 1. The molecular weight excluding hydrogens is 271 g/mol. The minimum atomic E-state index is -0.295. The van der Waals surface area contributed by atoms with Gasteiger partial charge < -0.3 is 10.8 Å². The van der Waals surface area contributed by atoms with Crippen LogP contribution in [0.5, 0.6) is 0 Å². The Balaban J connectivity index is 1.96. The van der Waals surface area contributed by atoms with Gasteiger partial charge in [-0.2, -0.15) is 0 Å². The van der Waals surface area contributed by atoms with Crippen molar-refractivity contribution in [1.29, 1.82) is 0 Å². The van der Waals surface area contributed by atoms with E-state index in [1.807, 2.05) is 0 Å². The van der Waals surface area contributed by atoms with Crippen molar-refractivity contribution in [2.45, 2.75) is 19.4 Å². The van der Waals surface area contributed by atoms with E-state index in [0.717, 1.165) is 25.9 Å². The first-order valence-corrected chi connectivity index (χ1v) is 7.00. The molecule has 5 heteroatoms. The number of nitrogens with zero attached hydrogens (tertiary/aromatic N) is 1. The van der Waals surface area contributed by atoms with Gasteiger partial charge in [-0.3, -0.25) is 9.69 Å². The number of aliphatic hydroxyl groups is 1. The number of primary amides is 1. The van der Waals surface area contributed by atoms with Crippen molar-refractivity contribution in [3.05, 3.63) is 35.1 Å². The van der Waals surface area contributed by atoms with Crippen molar-refractivity contribution in [3.63, 3.8) is 0 Å². The highest BCUT2D eigenvalue weighted by atomic mass is 19.1. The predicted molar refractivity (Wildman–Crippen MR) is 77.6 cm³/mol. The molecule has 1 aliphatic heterocycles. The van der Waals surface area contributed by atoms with E-state index in [0.29, 0.717) is 17.7 Å². The van der Waals surface area contributed by atoms with Crippen molar-refractivity contribution < 1.29 is 14.3 Å². The van der Waals surface area contributed by atoms with E-state index in [1.165, 1.54) is 6.07 Å². The summed E-state index contributed by atoms with van der Waals surface area (Å²) in [5.41, 5.74) is 6.46. The van der Waals surface area contributed by atoms with Gasteiger partial charge in [0.05, 0.1) is 0 Å². The first-order chi connectivity index (χ1) is 10.1. The van der Waals surface area contributed by atoms with E-state index in [2.05, 4.69) is 16.7 Å². The molecule has 1 saturated heterocycles. The quantitative estimate of drug-likeness (QED) is 0.812. The summed E-state index contributed by atoms with van der Waals surface area (Å²) in [5, 5.41) is 8.62. The Bertz CT molecular complexity index is 569. The number of hydrogen-bond acceptors (Lipinski definition) is 3. The summed E-state index contributed by atoms with van der Waals surface area (Å²) >= 11 is 0. The second kappa shape index (κ2) is 7.21. The van der Waals surface area contributed by atoms with E-state index in [-0.39, 0.29) is 24.2 Å². The topological polar surface area (TPSA) is 66.6 Å². The SMILES string of the molecule is NC(=O)C1CCN(Cc2ccc(C#CCO)cc2F)CC1. The van der Waals surface area contributed by atoms with E-state index in [4.69, 9.17) is 10.8 Å². The molecule has 1 aromatic carbocycles. The highest BCUT2D eigenvalue weighted by Gasteiger charge is 2.23. The number of rotatable bonds is 3. The van der Waals surface area contributed by atoms with Gasteiger partial charge >= 0.3 is 0 Å². The lowest BCUT2D eigenvalue weighted by molar-refractivity contribution is -0.123. The fourth-order valence-electron chi connectivity index (χ4n) is 2.51. The largest absolute Gasteiger partial charge is 0.384 e. The number of aliphatic hydroxyl groups excluding tert-OH is 1. The van der Waals surface area contributed by atoms with Gasteiger partial charge in [-0.15, -0.1) is 0 Å². The molecule has 0 aliphatic carbocycles. The second-order valence-corrected chi connectivity index (χ2v) is 5.22. The Kier molecular flexibility index (Phi) is 5.32. The molecule has 4 nitrogen and oxygen atoms in total. The van der Waals surface area contributed by atoms with Gasteiger partial charge in [-0.05, 0) is 38.1 Å². The molecule has 112 valence electrons. The van der Waals surface area contributed by atoms with Crippen LogP contribution in [0.3, 0.4) is 0 Å². The average Bonchev–Trinajstić information content (AvgIpc) is 2.48. The second-order valence-electron chi connectivity index (χ2n) is 5.22. The number of amides is 1. The summed E-state index contributed by atoms with van der Waals surface area (Å²) in [6, 6.07) is 4.85. The third-order valence-electron chi connectivity index (χ3n) is 3.75. The van der Waals surface area contributed by atoms with Crippen LogP contribution in [0.25, 0.3) is 0 Å². The Hall–Kier alpha value is -1.90. The summed E-state index contributed by atoms with van der Waals surface area (Å²) < 4.78 is 14.0. The van der Waals surface area contributed by atoms with Gasteiger partial charge in [0.1, 0.15) is 12.4 Å². The minimum absolute atomic E-state index is 0.0535. The van der Waals surface area contributed by atoms with E-state index < -0.39 is 0 Å². The Morgan fingerprint density at radius 2 is 2.14 bits per heavy atom. The Labute approximate surface area is 123 Å². The molecule has 1 aromatic rings. The molecule has 0 bridgehead atoms. The van der Waals surface area contributed by atoms with Crippen molar-refractivity contribution in [2.75, 3.05) is 19.7 Å². The van der Waals surface area contributed by atoms with Crippen LogP contribution in [-0.4, -0.2) is 35.6 Å². The molecule has 0 spiro atoms. The van der Waals surface area contributed by atoms with Crippen LogP contribution in [0.2, 0.25) is 0 Å². The van der Waals surface area contributed by atoms with Gasteiger partial charge in [0.2, 0.25) is 5.91 Å². The van der Waals surface area contributed by atoms with Crippen molar-refractivity contribution in [1.82, 2.24) is 4.90 Å². The third kappa shape index (κ3) is 4.28. The zero-order chi connectivity index (χ0) is 15.2. The average molecular weight is 290 g/mol. The van der Waals surface area contributed by atoms with E-state index >= 15 is 0 Å². The van der Waals surface area contributed by atoms with Crippen molar-refractivity contribution in [3.8, 4) is 11.8 Å². The number of piperidine rings is 1. The molecule has 0 aromatic heterocycles. The summed E-state index contributed by atoms with van der Waals surface area (Å²) in [7, 11) is 0. The van der Waals surface area contributed by atoms with Crippen LogP contribution in [0.15, 0.2) is 18.2 Å². The molecule has 3 N–H and O–H groups in total. The maximum absolute atomic E-state index is 14.0. The normalized spacial score (nSPS) is 16.3. The Morgan fingerprint density at radius 3 is 2.71 bits per heavy atom. The van der Waals surface area contributed by atoms with Crippen LogP contribution < -0.4 is 5.73 Å². The first kappa shape index (κ1) is 15.5. The lowest BCUT2D eigenvalue weighted by atomic mass is 9.96. The number of carbonyl (C=O) groups excluding carboxylic acids is 1. The van der Waals surface area contributed by atoms with E-state index in [9.17, 15) is 9.18 Å². The maximum Gasteiger partial charge on any atom is 0.220 e. The lowest BCUT2D eigenvalue weighted by Crippen LogP contribution is -2.38. The molecule has 0 radical (unpaired) electrons. The van der Waals surface area contributed by atoms with Crippen LogP contribution in [0.4, 0.5) is 4.39 Å². The molecule has 0 saturated carbocycles. The zero-order valence-corrected chi connectivity index (χ0v) is 11.8. The van der Waals surface area contributed by atoms with Crippen molar-refractivity contribution in [2.24, 2.45) is 11.7 Å². The molecule has 2 rings (SSSR count). The van der Waals surface area contributed by atoms with Crippen LogP contribution in [0.1, 0.15) is 24.0 Å². The monoisotopic (exact) mass is 290 g/mol. The predicted octanol–water partition coefficient (Wildman–Crippen LogP) is 0.867. The number of benzene rings is 1. The van der Waals surface area contributed by atoms with Gasteiger partial charge in [0, 0.05) is 23.6 Å². The zero-order valence-electron chi connectivity index (χ0n) is 11.8. The number of halogens is 1. The molecule has 1 fully saturated rings. The fourth-order valence-corrected chi connectivity index (χ4v) is 2.51. The molecule has 1 aliphatic rings. The van der Waals surface area contributed by atoms with Gasteiger partial charge in [0.15, 0.2) is 0 Å². The molecule has 1 heterocycles. The fraction of sp³-hybridized carbons (Fsp3) is 0.438. The van der Waals surface area contributed by atoms with Crippen LogP contribution in [0, 0.1) is 23.6 Å². The summed E-state index contributed by atoms with van der Waals surface area (Å²) in [6.07, 6.45) is 1.47. The van der Waals surface area contributed by atoms with Gasteiger partial charge in [-0.25, -0.2) is 4.39 Å². The minimum Gasteiger partial charge on any atom is -0.384 e.